The highest BCUT2D eigenvalue weighted by molar-refractivity contribution is 5.76. The van der Waals surface area contributed by atoms with Crippen LogP contribution in [-0.2, 0) is 22.4 Å². The van der Waals surface area contributed by atoms with Crippen LogP contribution in [0, 0.1) is 0 Å². The van der Waals surface area contributed by atoms with Gasteiger partial charge < -0.3 is 25.4 Å². The summed E-state index contributed by atoms with van der Waals surface area (Å²) in [5.74, 6) is 0.825. The first-order chi connectivity index (χ1) is 18.5. The number of hydrogen-bond donors (Lipinski definition) is 3. The predicted molar refractivity (Wildman–Crippen MR) is 141 cm³/mol. The third kappa shape index (κ3) is 9.13. The van der Waals surface area contributed by atoms with E-state index in [1.807, 2.05) is 0 Å². The number of aliphatic carboxylic acids is 1. The van der Waals surface area contributed by atoms with Crippen LogP contribution in [0.3, 0.4) is 0 Å². The number of rotatable bonds is 17. The van der Waals surface area contributed by atoms with Crippen molar-refractivity contribution in [1.82, 2.24) is 19.9 Å². The number of nitrogens with one attached hydrogen (secondary N) is 2. The number of nitrogens with zero attached hydrogens (tertiary/aromatic N) is 4. The van der Waals surface area contributed by atoms with Crippen molar-refractivity contribution in [2.24, 2.45) is 0 Å². The lowest BCUT2D eigenvalue weighted by atomic mass is 10.1. The SMILES string of the molecule is O=C(O)C(CCN(CCCCc1ccc2c(n1)NCCC2)CCOCC(F)F)Nc1ncc(C2CC2)cn1. The zero-order chi connectivity index (χ0) is 26.7. The van der Waals surface area contributed by atoms with Crippen LogP contribution in [0.4, 0.5) is 20.5 Å². The van der Waals surface area contributed by atoms with E-state index in [1.165, 1.54) is 5.56 Å². The summed E-state index contributed by atoms with van der Waals surface area (Å²) in [6.07, 6.45) is 8.43. The van der Waals surface area contributed by atoms with Gasteiger partial charge in [0.1, 0.15) is 18.5 Å². The monoisotopic (exact) mass is 532 g/mol. The fourth-order valence-corrected chi connectivity index (χ4v) is 4.62. The number of anilines is 2. The minimum atomic E-state index is -2.51. The minimum Gasteiger partial charge on any atom is -0.480 e. The molecule has 4 rings (SSSR count). The molecule has 0 bridgehead atoms. The number of carboxylic acid groups (broad SMARTS) is 1. The Morgan fingerprint density at radius 2 is 2.00 bits per heavy atom. The molecule has 2 aromatic heterocycles. The molecule has 1 saturated carbocycles. The lowest BCUT2D eigenvalue weighted by Crippen LogP contribution is -2.37. The molecule has 3 N–H and O–H groups in total. The van der Waals surface area contributed by atoms with Gasteiger partial charge in [-0.2, -0.15) is 0 Å². The van der Waals surface area contributed by atoms with Gasteiger partial charge in [-0.25, -0.2) is 28.5 Å². The number of aryl methyl sites for hydroxylation is 2. The number of hydrogen-bond acceptors (Lipinski definition) is 8. The van der Waals surface area contributed by atoms with E-state index < -0.39 is 25.0 Å². The molecule has 2 aromatic rings. The Kier molecular flexibility index (Phi) is 10.6. The van der Waals surface area contributed by atoms with Gasteiger partial charge in [0.2, 0.25) is 5.95 Å². The van der Waals surface area contributed by atoms with Gasteiger partial charge in [0.15, 0.2) is 0 Å². The Morgan fingerprint density at radius 3 is 2.74 bits per heavy atom. The van der Waals surface area contributed by atoms with Crippen molar-refractivity contribution in [2.75, 3.05) is 50.0 Å². The highest BCUT2D eigenvalue weighted by Crippen LogP contribution is 2.39. The largest absolute Gasteiger partial charge is 0.480 e. The number of aromatic nitrogens is 3. The van der Waals surface area contributed by atoms with Crippen molar-refractivity contribution < 1.29 is 23.4 Å². The second-order valence-electron chi connectivity index (χ2n) is 10.0. The summed E-state index contributed by atoms with van der Waals surface area (Å²) in [5.41, 5.74) is 3.40. The molecule has 1 aliphatic carbocycles. The van der Waals surface area contributed by atoms with E-state index in [0.717, 1.165) is 68.6 Å². The van der Waals surface area contributed by atoms with Crippen molar-refractivity contribution in [2.45, 2.75) is 69.8 Å². The third-order valence-corrected chi connectivity index (χ3v) is 6.96. The Balaban J connectivity index is 1.25. The van der Waals surface area contributed by atoms with Gasteiger partial charge >= 0.3 is 5.97 Å². The number of fused-ring (bicyclic) bond motifs is 1. The maximum absolute atomic E-state index is 12.5. The number of halogens is 2. The molecule has 2 aliphatic rings. The summed E-state index contributed by atoms with van der Waals surface area (Å²) < 4.78 is 30.0. The number of ether oxygens (including phenoxy) is 1. The zero-order valence-corrected chi connectivity index (χ0v) is 21.7. The summed E-state index contributed by atoms with van der Waals surface area (Å²) in [6.45, 7) is 2.16. The van der Waals surface area contributed by atoms with Crippen LogP contribution in [0.1, 0.15) is 61.3 Å². The molecule has 9 nitrogen and oxygen atoms in total. The van der Waals surface area contributed by atoms with Crippen LogP contribution in [-0.4, -0.2) is 82.8 Å². The summed E-state index contributed by atoms with van der Waals surface area (Å²) in [5, 5.41) is 16.0. The number of unbranched alkanes of at least 4 members (excludes halogenated alkanes) is 1. The van der Waals surface area contributed by atoms with E-state index in [2.05, 4.69) is 37.6 Å². The topological polar surface area (TPSA) is 112 Å². The van der Waals surface area contributed by atoms with Gasteiger partial charge in [-0.1, -0.05) is 6.07 Å². The molecule has 0 aromatic carbocycles. The quantitative estimate of drug-likeness (QED) is 0.261. The Morgan fingerprint density at radius 1 is 1.18 bits per heavy atom. The molecule has 0 radical (unpaired) electrons. The summed E-state index contributed by atoms with van der Waals surface area (Å²) in [4.78, 5) is 27.3. The van der Waals surface area contributed by atoms with Crippen LogP contribution >= 0.6 is 0 Å². The van der Waals surface area contributed by atoms with Crippen LogP contribution in [0.5, 0.6) is 0 Å². The zero-order valence-electron chi connectivity index (χ0n) is 21.7. The molecule has 1 aliphatic heterocycles. The second kappa shape index (κ2) is 14.3. The highest BCUT2D eigenvalue weighted by Gasteiger charge is 2.25. The van der Waals surface area contributed by atoms with E-state index >= 15 is 0 Å². The summed E-state index contributed by atoms with van der Waals surface area (Å²) >= 11 is 0. The molecule has 0 amide bonds. The van der Waals surface area contributed by atoms with Crippen LogP contribution in [0.2, 0.25) is 0 Å². The van der Waals surface area contributed by atoms with Gasteiger partial charge in [-0.3, -0.25) is 0 Å². The van der Waals surface area contributed by atoms with Gasteiger partial charge in [0.25, 0.3) is 6.43 Å². The molecule has 3 heterocycles. The van der Waals surface area contributed by atoms with Gasteiger partial charge in [0, 0.05) is 37.7 Å². The first-order valence-corrected chi connectivity index (χ1v) is 13.6. The molecule has 1 atom stereocenters. The van der Waals surface area contributed by atoms with Crippen molar-refractivity contribution in [3.8, 4) is 0 Å². The molecular weight excluding hydrogens is 494 g/mol. The molecular formula is C27H38F2N6O3. The Hall–Kier alpha value is -2.92. The van der Waals surface area contributed by atoms with Gasteiger partial charge in [-0.05, 0) is 81.0 Å². The maximum atomic E-state index is 12.5. The maximum Gasteiger partial charge on any atom is 0.326 e. The van der Waals surface area contributed by atoms with E-state index in [4.69, 9.17) is 9.72 Å². The number of carboxylic acids is 1. The fourth-order valence-electron chi connectivity index (χ4n) is 4.62. The van der Waals surface area contributed by atoms with E-state index in [0.29, 0.717) is 37.9 Å². The molecule has 1 unspecified atom stereocenters. The summed E-state index contributed by atoms with van der Waals surface area (Å²) in [7, 11) is 0. The molecule has 0 spiro atoms. The average Bonchev–Trinajstić information content (AvgIpc) is 3.76. The molecule has 38 heavy (non-hydrogen) atoms. The Labute approximate surface area is 222 Å². The van der Waals surface area contributed by atoms with Crippen molar-refractivity contribution in [3.05, 3.63) is 41.3 Å². The van der Waals surface area contributed by atoms with Gasteiger partial charge in [-0.15, -0.1) is 0 Å². The molecule has 208 valence electrons. The standard InChI is InChI=1S/C27H38F2N6O3/c28-24(29)18-38-15-14-35(12-2-1-5-22-9-8-20-4-3-11-30-25(20)33-22)13-10-23(26(36)37)34-27-31-16-21(17-32-27)19-6-7-19/h8-9,16-17,19,23-24H,1-7,10-15,18H2,(H,30,33)(H,36,37)(H,31,32,34). The summed E-state index contributed by atoms with van der Waals surface area (Å²) in [6, 6.07) is 3.38. The normalized spacial score (nSPS) is 15.8. The number of pyridine rings is 1. The first-order valence-electron chi connectivity index (χ1n) is 13.6. The lowest BCUT2D eigenvalue weighted by molar-refractivity contribution is -0.138. The minimum absolute atomic E-state index is 0.166. The lowest BCUT2D eigenvalue weighted by Gasteiger charge is -2.24. The van der Waals surface area contributed by atoms with Crippen LogP contribution < -0.4 is 10.6 Å². The fraction of sp³-hybridized carbons (Fsp3) is 0.630. The van der Waals surface area contributed by atoms with Crippen molar-refractivity contribution in [3.63, 3.8) is 0 Å². The average molecular weight is 533 g/mol. The first kappa shape index (κ1) is 28.1. The van der Waals surface area contributed by atoms with E-state index in [1.54, 1.807) is 12.4 Å². The van der Waals surface area contributed by atoms with Crippen LogP contribution in [0.15, 0.2) is 24.5 Å². The molecule has 1 fully saturated rings. The second-order valence-corrected chi connectivity index (χ2v) is 10.0. The number of alkyl halides is 2. The van der Waals surface area contributed by atoms with E-state index in [-0.39, 0.29) is 6.61 Å². The smallest absolute Gasteiger partial charge is 0.326 e. The van der Waals surface area contributed by atoms with E-state index in [9.17, 15) is 18.7 Å². The molecule has 0 saturated heterocycles. The number of carbonyl (C=O) groups is 1. The van der Waals surface area contributed by atoms with Gasteiger partial charge in [0.05, 0.1) is 6.61 Å². The van der Waals surface area contributed by atoms with Crippen molar-refractivity contribution >= 4 is 17.7 Å². The highest BCUT2D eigenvalue weighted by atomic mass is 19.3. The van der Waals surface area contributed by atoms with Crippen LogP contribution in [0.25, 0.3) is 0 Å². The van der Waals surface area contributed by atoms with Crippen molar-refractivity contribution in [1.29, 1.82) is 0 Å². The predicted octanol–water partition coefficient (Wildman–Crippen LogP) is 3.97. The molecule has 11 heteroatoms. The Bertz CT molecular complexity index is 1020. The third-order valence-electron chi connectivity index (χ3n) is 6.96.